The number of hydrogen-bond donors (Lipinski definition) is 2. The average Bonchev–Trinajstić information content (AvgIpc) is 2.81. The first-order valence-electron chi connectivity index (χ1n) is 5.90. The maximum Gasteiger partial charge on any atom is 0.329 e. The molecule has 1 aliphatic rings. The summed E-state index contributed by atoms with van der Waals surface area (Å²) >= 11 is 0. The fourth-order valence-corrected chi connectivity index (χ4v) is 2.39. The summed E-state index contributed by atoms with van der Waals surface area (Å²) in [6.45, 7) is 0. The van der Waals surface area contributed by atoms with E-state index >= 15 is 0 Å². The van der Waals surface area contributed by atoms with E-state index in [4.69, 9.17) is 0 Å². The lowest BCUT2D eigenvalue weighted by Gasteiger charge is -2.26. The number of anilines is 1. The highest BCUT2D eigenvalue weighted by Gasteiger charge is 2.42. The summed E-state index contributed by atoms with van der Waals surface area (Å²) in [6.07, 6.45) is 2.29. The number of hydrogen-bond acceptors (Lipinski definition) is 4. The summed E-state index contributed by atoms with van der Waals surface area (Å²) in [4.78, 5) is 21.5. The van der Waals surface area contributed by atoms with Gasteiger partial charge in [0.05, 0.1) is 11.0 Å². The normalized spacial score (nSPS) is 17.1. The lowest BCUT2D eigenvalue weighted by molar-refractivity contribution is -0.384. The minimum atomic E-state index is -1.19. The summed E-state index contributed by atoms with van der Waals surface area (Å²) in [7, 11) is 0. The van der Waals surface area contributed by atoms with Crippen molar-refractivity contribution in [1.29, 1.82) is 0 Å². The van der Waals surface area contributed by atoms with Crippen LogP contribution in [0.15, 0.2) is 18.2 Å². The van der Waals surface area contributed by atoms with Crippen molar-refractivity contribution in [3.05, 3.63) is 34.1 Å². The van der Waals surface area contributed by atoms with E-state index in [0.29, 0.717) is 12.8 Å². The Balaban J connectivity index is 2.37. The van der Waals surface area contributed by atoms with Crippen LogP contribution in [0, 0.1) is 15.9 Å². The Bertz CT molecular complexity index is 526. The van der Waals surface area contributed by atoms with Gasteiger partial charge in [-0.25, -0.2) is 9.18 Å². The standard InChI is InChI=1S/C12H13FN2O4/c13-8-3-4-9(10(7-8)15(18)19)14-12(11(16)17)5-1-2-6-12/h3-4,7,14H,1-2,5-6H2,(H,16,17). The van der Waals surface area contributed by atoms with Crippen LogP contribution in [-0.2, 0) is 4.79 Å². The first-order valence-corrected chi connectivity index (χ1v) is 5.90. The molecule has 7 heteroatoms. The van der Waals surface area contributed by atoms with Gasteiger partial charge in [0.1, 0.15) is 17.0 Å². The molecule has 1 aliphatic carbocycles. The molecular formula is C12H13FN2O4. The molecular weight excluding hydrogens is 255 g/mol. The van der Waals surface area contributed by atoms with Gasteiger partial charge in [0.15, 0.2) is 0 Å². The highest BCUT2D eigenvalue weighted by molar-refractivity contribution is 5.84. The molecule has 0 amide bonds. The quantitative estimate of drug-likeness (QED) is 0.646. The molecule has 0 saturated heterocycles. The highest BCUT2D eigenvalue weighted by atomic mass is 19.1. The Morgan fingerprint density at radius 3 is 2.58 bits per heavy atom. The number of nitrogens with one attached hydrogen (secondary N) is 1. The number of benzene rings is 1. The van der Waals surface area contributed by atoms with Crippen LogP contribution in [0.25, 0.3) is 0 Å². The largest absolute Gasteiger partial charge is 0.480 e. The van der Waals surface area contributed by atoms with E-state index < -0.39 is 27.9 Å². The van der Waals surface area contributed by atoms with Crippen molar-refractivity contribution in [2.24, 2.45) is 0 Å². The summed E-state index contributed by atoms with van der Waals surface area (Å²) in [5.41, 5.74) is -1.61. The Morgan fingerprint density at radius 1 is 1.42 bits per heavy atom. The number of carbonyl (C=O) groups is 1. The van der Waals surface area contributed by atoms with Crippen LogP contribution in [0.4, 0.5) is 15.8 Å². The molecule has 0 heterocycles. The number of nitro groups is 1. The molecule has 0 bridgehead atoms. The number of nitro benzene ring substituents is 1. The maximum absolute atomic E-state index is 13.0. The Kier molecular flexibility index (Phi) is 3.37. The molecule has 0 atom stereocenters. The fourth-order valence-electron chi connectivity index (χ4n) is 2.39. The second-order valence-corrected chi connectivity index (χ2v) is 4.64. The molecule has 2 N–H and O–H groups in total. The number of nitrogens with zero attached hydrogens (tertiary/aromatic N) is 1. The summed E-state index contributed by atoms with van der Waals surface area (Å²) in [5.74, 6) is -1.77. The molecule has 102 valence electrons. The van der Waals surface area contributed by atoms with Crippen molar-refractivity contribution in [2.75, 3.05) is 5.32 Å². The first kappa shape index (κ1) is 13.3. The van der Waals surface area contributed by atoms with Crippen LogP contribution in [-0.4, -0.2) is 21.5 Å². The summed E-state index contributed by atoms with van der Waals surface area (Å²) < 4.78 is 13.0. The van der Waals surface area contributed by atoms with E-state index in [2.05, 4.69) is 5.32 Å². The van der Waals surface area contributed by atoms with E-state index in [1.165, 1.54) is 6.07 Å². The van der Waals surface area contributed by atoms with Gasteiger partial charge in [-0.15, -0.1) is 0 Å². The topological polar surface area (TPSA) is 92.5 Å². The van der Waals surface area contributed by atoms with Gasteiger partial charge in [-0.2, -0.15) is 0 Å². The van der Waals surface area contributed by atoms with Crippen LogP contribution in [0.3, 0.4) is 0 Å². The second kappa shape index (κ2) is 4.83. The van der Waals surface area contributed by atoms with Gasteiger partial charge in [-0.3, -0.25) is 10.1 Å². The third kappa shape index (κ3) is 2.49. The minimum absolute atomic E-state index is 0.0377. The van der Waals surface area contributed by atoms with Crippen molar-refractivity contribution in [3.8, 4) is 0 Å². The molecule has 0 unspecified atom stereocenters. The number of halogens is 1. The van der Waals surface area contributed by atoms with Crippen LogP contribution in [0.1, 0.15) is 25.7 Å². The molecule has 0 aromatic heterocycles. The molecule has 6 nitrogen and oxygen atoms in total. The number of carboxylic acid groups (broad SMARTS) is 1. The molecule has 0 radical (unpaired) electrons. The van der Waals surface area contributed by atoms with Crippen molar-refractivity contribution in [3.63, 3.8) is 0 Å². The Labute approximate surface area is 108 Å². The van der Waals surface area contributed by atoms with Gasteiger partial charge in [-0.05, 0) is 25.0 Å². The number of rotatable bonds is 4. The van der Waals surface area contributed by atoms with Crippen molar-refractivity contribution >= 4 is 17.3 Å². The zero-order valence-electron chi connectivity index (χ0n) is 10.1. The molecule has 2 rings (SSSR count). The smallest absolute Gasteiger partial charge is 0.329 e. The van der Waals surface area contributed by atoms with Crippen LogP contribution in [0.5, 0.6) is 0 Å². The number of aliphatic carboxylic acids is 1. The molecule has 0 aliphatic heterocycles. The van der Waals surface area contributed by atoms with Gasteiger partial charge in [-0.1, -0.05) is 12.8 Å². The highest BCUT2D eigenvalue weighted by Crippen LogP contribution is 2.36. The van der Waals surface area contributed by atoms with Crippen LogP contribution < -0.4 is 5.32 Å². The van der Waals surface area contributed by atoms with Crippen molar-refractivity contribution in [1.82, 2.24) is 0 Å². The molecule has 0 spiro atoms. The third-order valence-corrected chi connectivity index (χ3v) is 3.40. The molecule has 1 aromatic rings. The first-order chi connectivity index (χ1) is 8.94. The van der Waals surface area contributed by atoms with Crippen LogP contribution >= 0.6 is 0 Å². The van der Waals surface area contributed by atoms with E-state index in [-0.39, 0.29) is 5.69 Å². The van der Waals surface area contributed by atoms with E-state index in [0.717, 1.165) is 25.0 Å². The fraction of sp³-hybridized carbons (Fsp3) is 0.417. The predicted molar refractivity (Wildman–Crippen MR) is 65.5 cm³/mol. The second-order valence-electron chi connectivity index (χ2n) is 4.64. The van der Waals surface area contributed by atoms with E-state index in [1.54, 1.807) is 0 Å². The lowest BCUT2D eigenvalue weighted by Crippen LogP contribution is -2.43. The maximum atomic E-state index is 13.0. The van der Waals surface area contributed by atoms with Crippen molar-refractivity contribution < 1.29 is 19.2 Å². The van der Waals surface area contributed by atoms with Gasteiger partial charge in [0.2, 0.25) is 0 Å². The summed E-state index contributed by atoms with van der Waals surface area (Å²) in [6, 6.07) is 3.06. The zero-order chi connectivity index (χ0) is 14.0. The van der Waals surface area contributed by atoms with Gasteiger partial charge in [0, 0.05) is 0 Å². The third-order valence-electron chi connectivity index (χ3n) is 3.40. The van der Waals surface area contributed by atoms with E-state index in [9.17, 15) is 24.4 Å². The minimum Gasteiger partial charge on any atom is -0.480 e. The molecule has 1 fully saturated rings. The Morgan fingerprint density at radius 2 is 2.05 bits per heavy atom. The number of carboxylic acids is 1. The molecule has 1 saturated carbocycles. The van der Waals surface area contributed by atoms with E-state index in [1.807, 2.05) is 0 Å². The van der Waals surface area contributed by atoms with Crippen LogP contribution in [0.2, 0.25) is 0 Å². The zero-order valence-corrected chi connectivity index (χ0v) is 10.1. The monoisotopic (exact) mass is 268 g/mol. The molecule has 19 heavy (non-hydrogen) atoms. The van der Waals surface area contributed by atoms with Gasteiger partial charge in [0.25, 0.3) is 5.69 Å². The summed E-state index contributed by atoms with van der Waals surface area (Å²) in [5, 5.41) is 22.9. The predicted octanol–water partition coefficient (Wildman–Crippen LogP) is 2.54. The van der Waals surface area contributed by atoms with Gasteiger partial charge >= 0.3 is 5.97 Å². The average molecular weight is 268 g/mol. The van der Waals surface area contributed by atoms with Gasteiger partial charge < -0.3 is 10.4 Å². The Hall–Kier alpha value is -2.18. The lowest BCUT2D eigenvalue weighted by atomic mass is 9.97. The molecule has 1 aromatic carbocycles. The SMILES string of the molecule is O=C(O)C1(Nc2ccc(F)cc2[N+](=O)[O-])CCCC1. The van der Waals surface area contributed by atoms with Crippen molar-refractivity contribution in [2.45, 2.75) is 31.2 Å².